The van der Waals surface area contributed by atoms with Crippen LogP contribution in [0.5, 0.6) is 0 Å². The number of fused-ring (bicyclic) bond motifs is 1. The third-order valence-corrected chi connectivity index (χ3v) is 4.43. The second-order valence-corrected chi connectivity index (χ2v) is 5.96. The van der Waals surface area contributed by atoms with Gasteiger partial charge in [-0.15, -0.1) is 0 Å². The zero-order chi connectivity index (χ0) is 15.8. The topological polar surface area (TPSA) is 87.5 Å². The number of piperidine rings is 1. The Morgan fingerprint density at radius 1 is 1.22 bits per heavy atom. The third-order valence-electron chi connectivity index (χ3n) is 4.43. The summed E-state index contributed by atoms with van der Waals surface area (Å²) in [5.41, 5.74) is 2.35. The van der Waals surface area contributed by atoms with Crippen LogP contribution < -0.4 is 15.5 Å². The van der Waals surface area contributed by atoms with Crippen molar-refractivity contribution in [3.63, 3.8) is 0 Å². The SMILES string of the molecule is O=C1CCC(c2ccc3oc(N4CCNCC4)nc3c2)C(=O)N1. The number of hydrogen-bond acceptors (Lipinski definition) is 6. The van der Waals surface area contributed by atoms with Crippen molar-refractivity contribution in [2.24, 2.45) is 0 Å². The molecule has 23 heavy (non-hydrogen) atoms. The highest BCUT2D eigenvalue weighted by Gasteiger charge is 2.28. The number of benzene rings is 1. The molecule has 2 aromatic rings. The van der Waals surface area contributed by atoms with Crippen LogP contribution >= 0.6 is 0 Å². The number of carbonyl (C=O) groups is 2. The predicted molar refractivity (Wildman–Crippen MR) is 84.2 cm³/mol. The van der Waals surface area contributed by atoms with Gasteiger partial charge in [-0.3, -0.25) is 14.9 Å². The average molecular weight is 314 g/mol. The molecule has 2 fully saturated rings. The Hall–Kier alpha value is -2.41. The zero-order valence-corrected chi connectivity index (χ0v) is 12.7. The molecule has 2 aliphatic heterocycles. The van der Waals surface area contributed by atoms with E-state index < -0.39 is 0 Å². The number of piperazine rings is 1. The van der Waals surface area contributed by atoms with E-state index in [4.69, 9.17) is 4.42 Å². The van der Waals surface area contributed by atoms with Crippen LogP contribution in [-0.4, -0.2) is 43.0 Å². The van der Waals surface area contributed by atoms with Gasteiger partial charge in [-0.05, 0) is 24.1 Å². The Labute approximate surface area is 133 Å². The second-order valence-electron chi connectivity index (χ2n) is 5.96. The summed E-state index contributed by atoms with van der Waals surface area (Å²) < 4.78 is 5.83. The summed E-state index contributed by atoms with van der Waals surface area (Å²) in [4.78, 5) is 30.0. The van der Waals surface area contributed by atoms with E-state index >= 15 is 0 Å². The fraction of sp³-hybridized carbons (Fsp3) is 0.438. The molecule has 2 aliphatic rings. The first-order chi connectivity index (χ1) is 11.2. The first-order valence-corrected chi connectivity index (χ1v) is 7.90. The van der Waals surface area contributed by atoms with Crippen LogP contribution in [0, 0.1) is 0 Å². The molecule has 3 heterocycles. The van der Waals surface area contributed by atoms with Crippen molar-refractivity contribution in [2.75, 3.05) is 31.1 Å². The lowest BCUT2D eigenvalue weighted by Crippen LogP contribution is -2.43. The van der Waals surface area contributed by atoms with Gasteiger partial charge in [0.2, 0.25) is 11.8 Å². The molecule has 4 rings (SSSR count). The largest absolute Gasteiger partial charge is 0.423 e. The minimum absolute atomic E-state index is 0.199. The number of anilines is 1. The van der Waals surface area contributed by atoms with E-state index in [9.17, 15) is 9.59 Å². The van der Waals surface area contributed by atoms with Crippen molar-refractivity contribution < 1.29 is 14.0 Å². The Morgan fingerprint density at radius 2 is 2.04 bits per heavy atom. The van der Waals surface area contributed by atoms with Gasteiger partial charge in [-0.25, -0.2) is 0 Å². The van der Waals surface area contributed by atoms with Crippen LogP contribution in [0.4, 0.5) is 6.01 Å². The van der Waals surface area contributed by atoms with Crippen LogP contribution in [-0.2, 0) is 9.59 Å². The first-order valence-electron chi connectivity index (χ1n) is 7.90. The van der Waals surface area contributed by atoms with Crippen molar-refractivity contribution in [3.05, 3.63) is 23.8 Å². The summed E-state index contributed by atoms with van der Waals surface area (Å²) >= 11 is 0. The van der Waals surface area contributed by atoms with Gasteiger partial charge in [0.25, 0.3) is 6.01 Å². The molecule has 2 amide bonds. The smallest absolute Gasteiger partial charge is 0.298 e. The Balaban J connectivity index is 1.62. The molecule has 2 saturated heterocycles. The number of hydrogen-bond donors (Lipinski definition) is 2. The number of rotatable bonds is 2. The molecule has 0 aliphatic carbocycles. The Kier molecular flexibility index (Phi) is 3.49. The highest BCUT2D eigenvalue weighted by Crippen LogP contribution is 2.29. The van der Waals surface area contributed by atoms with Crippen molar-refractivity contribution >= 4 is 28.9 Å². The minimum Gasteiger partial charge on any atom is -0.423 e. The minimum atomic E-state index is -0.295. The Morgan fingerprint density at radius 3 is 2.83 bits per heavy atom. The normalized spacial score (nSPS) is 22.4. The molecule has 1 atom stereocenters. The molecular weight excluding hydrogens is 296 g/mol. The van der Waals surface area contributed by atoms with E-state index in [1.165, 1.54) is 0 Å². The molecule has 2 N–H and O–H groups in total. The van der Waals surface area contributed by atoms with Crippen molar-refractivity contribution in [1.82, 2.24) is 15.6 Å². The van der Waals surface area contributed by atoms with Gasteiger partial charge in [0.1, 0.15) is 5.52 Å². The fourth-order valence-corrected chi connectivity index (χ4v) is 3.15. The average Bonchev–Trinajstić information content (AvgIpc) is 2.99. The molecule has 120 valence electrons. The predicted octanol–water partition coefficient (Wildman–Crippen LogP) is 0.758. The molecule has 7 heteroatoms. The number of nitrogens with zero attached hydrogens (tertiary/aromatic N) is 2. The van der Waals surface area contributed by atoms with Crippen LogP contribution in [0.1, 0.15) is 24.3 Å². The molecule has 0 saturated carbocycles. The van der Waals surface area contributed by atoms with Crippen LogP contribution in [0.2, 0.25) is 0 Å². The van der Waals surface area contributed by atoms with Crippen molar-refractivity contribution in [1.29, 1.82) is 0 Å². The van der Waals surface area contributed by atoms with E-state index in [-0.39, 0.29) is 17.7 Å². The van der Waals surface area contributed by atoms with E-state index in [0.29, 0.717) is 18.9 Å². The van der Waals surface area contributed by atoms with Gasteiger partial charge >= 0.3 is 0 Å². The highest BCUT2D eigenvalue weighted by molar-refractivity contribution is 6.01. The fourth-order valence-electron chi connectivity index (χ4n) is 3.15. The number of carbonyl (C=O) groups excluding carboxylic acids is 2. The molecule has 0 spiro atoms. The number of amides is 2. The number of aromatic nitrogens is 1. The summed E-state index contributed by atoms with van der Waals surface area (Å²) in [5, 5.41) is 5.69. The molecular formula is C16H18N4O3. The maximum Gasteiger partial charge on any atom is 0.298 e. The van der Waals surface area contributed by atoms with Gasteiger partial charge in [-0.1, -0.05) is 6.07 Å². The molecule has 1 unspecified atom stereocenters. The van der Waals surface area contributed by atoms with E-state index in [1.807, 2.05) is 18.2 Å². The maximum absolute atomic E-state index is 12.0. The number of oxazole rings is 1. The monoisotopic (exact) mass is 314 g/mol. The standard InChI is InChI=1S/C16H18N4O3/c21-14-4-2-11(15(22)19-14)10-1-3-13-12(9-10)18-16(23-13)20-7-5-17-6-8-20/h1,3,9,11,17H,2,4-8H2,(H,19,21,22). The molecule has 1 aromatic carbocycles. The molecule has 7 nitrogen and oxygen atoms in total. The van der Waals surface area contributed by atoms with Crippen molar-refractivity contribution in [2.45, 2.75) is 18.8 Å². The van der Waals surface area contributed by atoms with E-state index in [1.54, 1.807) is 0 Å². The Bertz CT molecular complexity index is 764. The highest BCUT2D eigenvalue weighted by atomic mass is 16.4. The lowest BCUT2D eigenvalue weighted by Gasteiger charge is -2.25. The van der Waals surface area contributed by atoms with Gasteiger partial charge in [0, 0.05) is 32.6 Å². The quantitative estimate of drug-likeness (QED) is 0.796. The van der Waals surface area contributed by atoms with Gasteiger partial charge in [0.05, 0.1) is 5.92 Å². The lowest BCUT2D eigenvalue weighted by molar-refractivity contribution is -0.134. The summed E-state index contributed by atoms with van der Waals surface area (Å²) in [6, 6.07) is 6.26. The molecule has 0 radical (unpaired) electrons. The molecule has 1 aromatic heterocycles. The number of nitrogens with one attached hydrogen (secondary N) is 2. The summed E-state index contributed by atoms with van der Waals surface area (Å²) in [6.45, 7) is 3.57. The van der Waals surface area contributed by atoms with Gasteiger partial charge < -0.3 is 14.6 Å². The third kappa shape index (κ3) is 2.68. The summed E-state index contributed by atoms with van der Waals surface area (Å²) in [6.07, 6.45) is 0.915. The second kappa shape index (κ2) is 5.66. The first kappa shape index (κ1) is 14.2. The van der Waals surface area contributed by atoms with E-state index in [2.05, 4.69) is 20.5 Å². The zero-order valence-electron chi connectivity index (χ0n) is 12.7. The van der Waals surface area contributed by atoms with Crippen LogP contribution in [0.15, 0.2) is 22.6 Å². The van der Waals surface area contributed by atoms with Gasteiger partial charge in [-0.2, -0.15) is 4.98 Å². The van der Waals surface area contributed by atoms with Crippen LogP contribution in [0.3, 0.4) is 0 Å². The van der Waals surface area contributed by atoms with Gasteiger partial charge in [0.15, 0.2) is 5.58 Å². The lowest BCUT2D eigenvalue weighted by atomic mass is 9.90. The van der Waals surface area contributed by atoms with Crippen LogP contribution in [0.25, 0.3) is 11.1 Å². The maximum atomic E-state index is 12.0. The number of imide groups is 1. The summed E-state index contributed by atoms with van der Waals surface area (Å²) in [7, 11) is 0. The summed E-state index contributed by atoms with van der Waals surface area (Å²) in [5.74, 6) is -0.724. The van der Waals surface area contributed by atoms with Crippen molar-refractivity contribution in [3.8, 4) is 0 Å². The molecule has 0 bridgehead atoms. The van der Waals surface area contributed by atoms with E-state index in [0.717, 1.165) is 42.8 Å².